The quantitative estimate of drug-likeness (QED) is 0.210. The summed E-state index contributed by atoms with van der Waals surface area (Å²) in [6, 6.07) is -19.2. The zero-order chi connectivity index (χ0) is 46.6. The van der Waals surface area contributed by atoms with E-state index in [9.17, 15) is 9.60 Å². The van der Waals surface area contributed by atoms with Gasteiger partial charge in [0.15, 0.2) is 0 Å². The summed E-state index contributed by atoms with van der Waals surface area (Å²) in [6.45, 7) is 0. The van der Waals surface area contributed by atoms with Crippen molar-refractivity contribution in [2.24, 2.45) is 0 Å². The number of allylic oxidation sites excluding steroid dienone is 4. The lowest BCUT2D eigenvalue weighted by atomic mass is 9.85. The van der Waals surface area contributed by atoms with E-state index in [1.54, 1.807) is 0 Å². The molecule has 184 valence electrons. The highest BCUT2D eigenvalue weighted by Crippen LogP contribution is 2.46. The molecule has 7 aromatic rings. The third-order valence-corrected chi connectivity index (χ3v) is 6.29. The van der Waals surface area contributed by atoms with E-state index in [0.717, 1.165) is 0 Å². The molecule has 1 heterocycles. The summed E-state index contributed by atoms with van der Waals surface area (Å²) in [5.74, 6) is 0. The van der Waals surface area contributed by atoms with E-state index in [2.05, 4.69) is 0 Å². The molecule has 0 bridgehead atoms. The lowest BCUT2D eigenvalue weighted by molar-refractivity contribution is 0.669. The molecule has 0 radical (unpaired) electrons. The van der Waals surface area contributed by atoms with Crippen LogP contribution < -0.4 is 0 Å². The van der Waals surface area contributed by atoms with Crippen molar-refractivity contribution in [1.29, 1.82) is 0 Å². The average Bonchev–Trinajstić information content (AvgIpc) is 3.66. The summed E-state index contributed by atoms with van der Waals surface area (Å²) in [4.78, 5) is 0. The van der Waals surface area contributed by atoms with Gasteiger partial charge in [-0.2, -0.15) is 0 Å². The fraction of sp³-hybridized carbons (Fsp3) is 0.0526. The Morgan fingerprint density at radius 3 is 2.00 bits per heavy atom. The van der Waals surface area contributed by atoms with Gasteiger partial charge in [-0.25, -0.2) is 0 Å². The largest absolute Gasteiger partial charge is 0.456 e. The van der Waals surface area contributed by atoms with Crippen LogP contribution in [0.1, 0.15) is 51.3 Å². The maximum Gasteiger partial charge on any atom is 0.136 e. The molecular weight excluding hydrogens is 472 g/mol. The molecule has 39 heavy (non-hydrogen) atoms. The van der Waals surface area contributed by atoms with E-state index in [1.807, 2.05) is 0 Å². The topological polar surface area (TPSA) is 13.1 Å². The third kappa shape index (κ3) is 3.47. The van der Waals surface area contributed by atoms with Crippen LogP contribution in [0.4, 0.5) is 0 Å². The van der Waals surface area contributed by atoms with Gasteiger partial charge in [0, 0.05) is 13.5 Å². The number of furan rings is 1. The Morgan fingerprint density at radius 1 is 0.564 bits per heavy atom. The van der Waals surface area contributed by atoms with Gasteiger partial charge in [-0.3, -0.25) is 0 Å². The third-order valence-electron chi connectivity index (χ3n) is 6.29. The summed E-state index contributed by atoms with van der Waals surface area (Å²) in [5, 5.41) is -3.61. The second-order valence-corrected chi connectivity index (χ2v) is 8.38. The maximum absolute atomic E-state index is 9.38. The number of hydrogen-bond donors (Lipinski definition) is 0. The summed E-state index contributed by atoms with van der Waals surface area (Å²) in [7, 11) is 0. The SMILES string of the molecule is [2H]C1=C([2H])C([2H])C([2H])C([2H])=C1c1c([2H])c([2H])c2c(oc3c([2H])c([2H])c([2H])c(-c4c5c([2H])c([2H])c([2H])c([2H])c5c(-c5c([2H])c([2H])c([2H])c([2H])c5[2H])c5c([2H])c([2H])c([2H])c([2H])c45)c32)c1[2H]. The molecule has 1 aliphatic carbocycles. The van der Waals surface area contributed by atoms with Gasteiger partial charge < -0.3 is 4.42 Å². The Labute approximate surface area is 261 Å². The highest BCUT2D eigenvalue weighted by molar-refractivity contribution is 6.25. The second kappa shape index (κ2) is 8.85. The molecule has 8 rings (SSSR count). The highest BCUT2D eigenvalue weighted by atomic mass is 16.3. The average molecular weight is 523 g/mol. The van der Waals surface area contributed by atoms with Gasteiger partial charge in [-0.1, -0.05) is 115 Å². The first kappa shape index (κ1) is 8.83. The minimum absolute atomic E-state index is 0.510. The monoisotopic (exact) mass is 522 g/mol. The number of benzene rings is 6. The van der Waals surface area contributed by atoms with Gasteiger partial charge in [0.2, 0.25) is 0 Å². The highest BCUT2D eigenvalue weighted by Gasteiger charge is 2.20. The van der Waals surface area contributed by atoms with Crippen molar-refractivity contribution in [1.82, 2.24) is 0 Å². The van der Waals surface area contributed by atoms with Crippen LogP contribution in [0, 0.1) is 0 Å². The minimum atomic E-state index is -1.73. The van der Waals surface area contributed by atoms with Crippen molar-refractivity contribution >= 4 is 49.1 Å². The first-order chi connectivity index (χ1) is 29.3. The standard InChI is InChI=1S/C38H26O/c1-3-12-25(13-4-1)27-22-23-32-35(24-27)39-34-21-11-20-33(38(32)34)37-30-18-9-7-16-28(30)36(26-14-5-2-6-15-26)29-17-8-10-19-31(29)37/h2-3,5-24H,1,4H2/i1D,2D,3D,4D,5D,6D,7D,8D,9D,10D,11D,12D,13D,14D,15D,16D,17D,18D,19D,20D,21D,22D,23D,24D. The fourth-order valence-corrected chi connectivity index (χ4v) is 4.71. The van der Waals surface area contributed by atoms with Crippen LogP contribution in [0.2, 0.25) is 0 Å². The Kier molecular flexibility index (Phi) is 2.00. The van der Waals surface area contributed by atoms with Crippen molar-refractivity contribution < 1.29 is 37.3 Å². The summed E-state index contributed by atoms with van der Waals surface area (Å²) < 4.78 is 217. The molecule has 0 amide bonds. The molecule has 1 heteroatoms. The molecule has 2 atom stereocenters. The number of fused-ring (bicyclic) bond motifs is 5. The first-order valence-electron chi connectivity index (χ1n) is 23.7. The predicted molar refractivity (Wildman–Crippen MR) is 166 cm³/mol. The Morgan fingerprint density at radius 2 is 1.26 bits per heavy atom. The van der Waals surface area contributed by atoms with Crippen molar-refractivity contribution in [3.8, 4) is 22.3 Å². The smallest absolute Gasteiger partial charge is 0.136 e. The van der Waals surface area contributed by atoms with Gasteiger partial charge in [-0.05, 0) is 85.9 Å². The minimum Gasteiger partial charge on any atom is -0.456 e. The van der Waals surface area contributed by atoms with Crippen LogP contribution in [0.3, 0.4) is 0 Å². The molecule has 0 aliphatic heterocycles. The van der Waals surface area contributed by atoms with Crippen molar-refractivity contribution in [2.45, 2.75) is 12.8 Å². The van der Waals surface area contributed by atoms with Gasteiger partial charge in [0.05, 0.1) is 30.2 Å². The van der Waals surface area contributed by atoms with Crippen LogP contribution in [-0.4, -0.2) is 0 Å². The van der Waals surface area contributed by atoms with E-state index in [-0.39, 0.29) is 0 Å². The van der Waals surface area contributed by atoms with Crippen molar-refractivity contribution in [2.75, 3.05) is 0 Å². The predicted octanol–water partition coefficient (Wildman–Crippen LogP) is 11.0. The fourth-order valence-electron chi connectivity index (χ4n) is 4.71. The Bertz CT molecular complexity index is 3290. The van der Waals surface area contributed by atoms with Crippen molar-refractivity contribution in [3.63, 3.8) is 0 Å². The Balaban J connectivity index is 1.72. The zero-order valence-electron chi connectivity index (χ0n) is 43.6. The van der Waals surface area contributed by atoms with E-state index in [4.69, 9.17) is 27.7 Å². The zero-order valence-corrected chi connectivity index (χ0v) is 19.6. The lowest BCUT2D eigenvalue weighted by Gasteiger charge is -2.18. The Hall–Kier alpha value is -4.88. The van der Waals surface area contributed by atoms with E-state index >= 15 is 0 Å². The molecule has 0 spiro atoms. The molecule has 0 saturated heterocycles. The van der Waals surface area contributed by atoms with Crippen LogP contribution in [0.15, 0.2) is 137 Å². The van der Waals surface area contributed by atoms with Gasteiger partial charge in [0.1, 0.15) is 11.2 Å². The van der Waals surface area contributed by atoms with E-state index in [0.29, 0.717) is 0 Å². The molecule has 0 N–H and O–H groups in total. The lowest BCUT2D eigenvalue weighted by Crippen LogP contribution is -1.91. The van der Waals surface area contributed by atoms with Crippen molar-refractivity contribution in [3.05, 3.63) is 139 Å². The molecule has 0 saturated carbocycles. The van der Waals surface area contributed by atoms with E-state index in [1.165, 1.54) is 0 Å². The van der Waals surface area contributed by atoms with Gasteiger partial charge >= 0.3 is 0 Å². The molecule has 6 aromatic carbocycles. The molecule has 0 fully saturated rings. The van der Waals surface area contributed by atoms with E-state index < -0.39 is 223 Å². The number of rotatable bonds is 3. The molecule has 2 unspecified atom stereocenters. The molecule has 1 aromatic heterocycles. The molecule has 1 aliphatic rings. The van der Waals surface area contributed by atoms with Crippen LogP contribution in [0.5, 0.6) is 0 Å². The maximum atomic E-state index is 9.38. The molecule has 1 nitrogen and oxygen atoms in total. The summed E-state index contributed by atoms with van der Waals surface area (Å²) >= 11 is 0. The second-order valence-electron chi connectivity index (χ2n) is 8.38. The van der Waals surface area contributed by atoms with Crippen LogP contribution in [-0.2, 0) is 0 Å². The summed E-state index contributed by atoms with van der Waals surface area (Å²) in [6.07, 6.45) is -3.38. The van der Waals surface area contributed by atoms with Gasteiger partial charge in [-0.15, -0.1) is 0 Å². The normalized spacial score (nSPS) is 26.7. The molecular formula is C38H26O. The first-order valence-corrected chi connectivity index (χ1v) is 11.6. The number of hydrogen-bond acceptors (Lipinski definition) is 1. The van der Waals surface area contributed by atoms with Crippen LogP contribution in [0.25, 0.3) is 71.3 Å². The summed E-state index contributed by atoms with van der Waals surface area (Å²) in [5.41, 5.74) is -5.09. The van der Waals surface area contributed by atoms with Gasteiger partial charge in [0.25, 0.3) is 0 Å². The van der Waals surface area contributed by atoms with Crippen LogP contribution >= 0.6 is 0 Å².